The standard InChI is InChI=1S/C13H12ClNO3S/c14-8-1-2-10-9(7-8)11(16)12(13(17)15-10)19-5-3-18-4-6-19/h1-2,7H,3-6H2,(H-,15,16,17). The summed E-state index contributed by atoms with van der Waals surface area (Å²) in [7, 11) is -0.318. The first-order valence-electron chi connectivity index (χ1n) is 5.94. The van der Waals surface area contributed by atoms with Crippen molar-refractivity contribution in [2.24, 2.45) is 0 Å². The third-order valence-corrected chi connectivity index (χ3v) is 5.63. The fourth-order valence-corrected chi connectivity index (χ4v) is 4.32. The largest absolute Gasteiger partial charge is 0.868 e. The quantitative estimate of drug-likeness (QED) is 0.806. The van der Waals surface area contributed by atoms with E-state index in [2.05, 4.69) is 4.98 Å². The summed E-state index contributed by atoms with van der Waals surface area (Å²) in [5, 5.41) is 13.5. The van der Waals surface area contributed by atoms with Crippen LogP contribution in [-0.2, 0) is 15.6 Å². The Morgan fingerprint density at radius 2 is 2.05 bits per heavy atom. The summed E-state index contributed by atoms with van der Waals surface area (Å²) in [5.41, 5.74) is 0.269. The van der Waals surface area contributed by atoms with Crippen LogP contribution in [0.5, 0.6) is 5.75 Å². The molecule has 4 nitrogen and oxygen atoms in total. The van der Waals surface area contributed by atoms with Crippen molar-refractivity contribution in [2.45, 2.75) is 4.90 Å². The topological polar surface area (TPSA) is 65.2 Å². The van der Waals surface area contributed by atoms with Crippen molar-refractivity contribution in [1.29, 1.82) is 0 Å². The lowest BCUT2D eigenvalue weighted by Crippen LogP contribution is -2.32. The van der Waals surface area contributed by atoms with Gasteiger partial charge in [0.2, 0.25) is 4.90 Å². The lowest BCUT2D eigenvalue weighted by atomic mass is 10.2. The summed E-state index contributed by atoms with van der Waals surface area (Å²) < 4.78 is 5.28. The SMILES string of the molecule is O=c1[nH]c2ccc(Cl)cc2c([O-])c1[S+]1CCOCC1. The molecule has 1 N–H and O–H groups in total. The molecular weight excluding hydrogens is 286 g/mol. The Labute approximate surface area is 117 Å². The van der Waals surface area contributed by atoms with E-state index in [1.54, 1.807) is 18.2 Å². The van der Waals surface area contributed by atoms with Crippen LogP contribution in [0.2, 0.25) is 5.02 Å². The highest BCUT2D eigenvalue weighted by atomic mass is 35.5. The maximum Gasteiger partial charge on any atom is 0.303 e. The highest BCUT2D eigenvalue weighted by Gasteiger charge is 2.29. The molecule has 1 aliphatic heterocycles. The Morgan fingerprint density at radius 1 is 1.32 bits per heavy atom. The van der Waals surface area contributed by atoms with Gasteiger partial charge in [-0.2, -0.15) is 0 Å². The Kier molecular flexibility index (Phi) is 3.43. The number of rotatable bonds is 1. The Morgan fingerprint density at radius 3 is 2.79 bits per heavy atom. The summed E-state index contributed by atoms with van der Waals surface area (Å²) >= 11 is 5.92. The number of aromatic nitrogens is 1. The number of hydrogen-bond donors (Lipinski definition) is 1. The molecule has 1 saturated heterocycles. The molecule has 0 radical (unpaired) electrons. The first kappa shape index (κ1) is 12.8. The number of H-pyrrole nitrogens is 1. The van der Waals surface area contributed by atoms with E-state index in [0.717, 1.165) is 11.5 Å². The molecule has 1 aliphatic rings. The van der Waals surface area contributed by atoms with Gasteiger partial charge in [-0.25, -0.2) is 0 Å². The van der Waals surface area contributed by atoms with Crippen LogP contribution in [0, 0.1) is 0 Å². The molecule has 1 fully saturated rings. The van der Waals surface area contributed by atoms with E-state index in [0.29, 0.717) is 34.0 Å². The number of hydrogen-bond acceptors (Lipinski definition) is 3. The Bertz CT molecular complexity index is 679. The van der Waals surface area contributed by atoms with Crippen molar-refractivity contribution in [3.63, 3.8) is 0 Å². The molecule has 1 aromatic heterocycles. The van der Waals surface area contributed by atoms with E-state index in [-0.39, 0.29) is 22.2 Å². The summed E-state index contributed by atoms with van der Waals surface area (Å²) in [5.74, 6) is 1.29. The molecule has 2 heterocycles. The number of halogens is 1. The fourth-order valence-electron chi connectivity index (χ4n) is 2.21. The van der Waals surface area contributed by atoms with Crippen molar-refractivity contribution in [3.05, 3.63) is 33.6 Å². The molecule has 0 spiro atoms. The normalized spacial score (nSPS) is 16.9. The van der Waals surface area contributed by atoms with E-state index in [9.17, 15) is 9.90 Å². The van der Waals surface area contributed by atoms with Gasteiger partial charge in [0.25, 0.3) is 0 Å². The molecule has 0 bridgehead atoms. The van der Waals surface area contributed by atoms with Crippen LogP contribution in [0.1, 0.15) is 0 Å². The molecule has 2 aromatic rings. The summed E-state index contributed by atoms with van der Waals surface area (Å²) in [6.45, 7) is 1.21. The van der Waals surface area contributed by atoms with Crippen LogP contribution in [0.25, 0.3) is 10.9 Å². The summed E-state index contributed by atoms with van der Waals surface area (Å²) in [6, 6.07) is 4.94. The van der Waals surface area contributed by atoms with Crippen molar-refractivity contribution in [2.75, 3.05) is 24.7 Å². The minimum Gasteiger partial charge on any atom is -0.868 e. The van der Waals surface area contributed by atoms with Gasteiger partial charge in [0.05, 0.1) is 13.2 Å². The monoisotopic (exact) mass is 297 g/mol. The molecule has 100 valence electrons. The van der Waals surface area contributed by atoms with Crippen LogP contribution < -0.4 is 10.7 Å². The van der Waals surface area contributed by atoms with Crippen LogP contribution in [-0.4, -0.2) is 29.7 Å². The number of aromatic amines is 1. The molecule has 0 saturated carbocycles. The van der Waals surface area contributed by atoms with Crippen molar-refractivity contribution in [1.82, 2.24) is 4.98 Å². The number of fused-ring (bicyclic) bond motifs is 1. The van der Waals surface area contributed by atoms with Crippen molar-refractivity contribution >= 4 is 33.4 Å². The van der Waals surface area contributed by atoms with Gasteiger partial charge in [-0.3, -0.25) is 4.79 Å². The van der Waals surface area contributed by atoms with Gasteiger partial charge in [0, 0.05) is 21.4 Å². The molecule has 0 unspecified atom stereocenters. The van der Waals surface area contributed by atoms with E-state index >= 15 is 0 Å². The molecule has 6 heteroatoms. The molecule has 3 rings (SSSR count). The maximum absolute atomic E-state index is 12.5. The van der Waals surface area contributed by atoms with E-state index in [1.165, 1.54) is 0 Å². The van der Waals surface area contributed by atoms with Crippen molar-refractivity contribution < 1.29 is 9.84 Å². The van der Waals surface area contributed by atoms with Gasteiger partial charge < -0.3 is 14.8 Å². The fraction of sp³-hybridized carbons (Fsp3) is 0.308. The van der Waals surface area contributed by atoms with Gasteiger partial charge in [-0.15, -0.1) is 0 Å². The number of nitrogens with one attached hydrogen (secondary N) is 1. The van der Waals surface area contributed by atoms with E-state index < -0.39 is 0 Å². The average molecular weight is 298 g/mol. The molecule has 0 aliphatic carbocycles. The van der Waals surface area contributed by atoms with Gasteiger partial charge in [0.1, 0.15) is 11.5 Å². The summed E-state index contributed by atoms with van der Waals surface area (Å²) in [4.78, 5) is 15.3. The number of ether oxygens (including phenoxy) is 1. The second-order valence-electron chi connectivity index (χ2n) is 4.32. The minimum absolute atomic E-state index is 0.188. The Balaban J connectivity index is 2.20. The second-order valence-corrected chi connectivity index (χ2v) is 6.96. The highest BCUT2D eigenvalue weighted by Crippen LogP contribution is 2.29. The zero-order valence-electron chi connectivity index (χ0n) is 10.1. The third-order valence-electron chi connectivity index (χ3n) is 3.12. The number of benzene rings is 1. The number of pyridine rings is 1. The van der Waals surface area contributed by atoms with Crippen molar-refractivity contribution in [3.8, 4) is 5.75 Å². The maximum atomic E-state index is 12.5. The molecule has 1 aromatic carbocycles. The smallest absolute Gasteiger partial charge is 0.303 e. The first-order valence-corrected chi connectivity index (χ1v) is 7.89. The lowest BCUT2D eigenvalue weighted by molar-refractivity contribution is -0.270. The zero-order valence-corrected chi connectivity index (χ0v) is 11.6. The second kappa shape index (κ2) is 5.07. The van der Waals surface area contributed by atoms with Gasteiger partial charge in [-0.1, -0.05) is 11.6 Å². The predicted molar refractivity (Wildman–Crippen MR) is 75.2 cm³/mol. The van der Waals surface area contributed by atoms with Gasteiger partial charge in [-0.05, 0) is 29.3 Å². The first-order chi connectivity index (χ1) is 9.16. The average Bonchev–Trinajstić information content (AvgIpc) is 2.41. The van der Waals surface area contributed by atoms with Crippen LogP contribution >= 0.6 is 11.6 Å². The van der Waals surface area contributed by atoms with Gasteiger partial charge in [0.15, 0.2) is 0 Å². The molecular formula is C13H12ClNO3S. The molecule has 19 heavy (non-hydrogen) atoms. The van der Waals surface area contributed by atoms with Crippen LogP contribution in [0.3, 0.4) is 0 Å². The molecule has 0 amide bonds. The molecule has 0 atom stereocenters. The third kappa shape index (κ3) is 2.33. The summed E-state index contributed by atoms with van der Waals surface area (Å²) in [6.07, 6.45) is 0. The Hall–Kier alpha value is -1.17. The lowest BCUT2D eigenvalue weighted by Gasteiger charge is -2.19. The van der Waals surface area contributed by atoms with Crippen LogP contribution in [0.4, 0.5) is 0 Å². The minimum atomic E-state index is -0.318. The van der Waals surface area contributed by atoms with E-state index in [1.807, 2.05) is 0 Å². The highest BCUT2D eigenvalue weighted by molar-refractivity contribution is 7.97. The van der Waals surface area contributed by atoms with E-state index in [4.69, 9.17) is 16.3 Å². The zero-order chi connectivity index (χ0) is 13.4. The predicted octanol–water partition coefficient (Wildman–Crippen LogP) is 1.26. The van der Waals surface area contributed by atoms with Crippen LogP contribution in [0.15, 0.2) is 27.9 Å². The van der Waals surface area contributed by atoms with Gasteiger partial charge >= 0.3 is 5.56 Å².